The summed E-state index contributed by atoms with van der Waals surface area (Å²) in [5.74, 6) is 1.60. The summed E-state index contributed by atoms with van der Waals surface area (Å²) in [6.07, 6.45) is 2.61. The van der Waals surface area contributed by atoms with Crippen LogP contribution in [0.15, 0.2) is 48.7 Å². The van der Waals surface area contributed by atoms with Gasteiger partial charge in [-0.25, -0.2) is 0 Å². The van der Waals surface area contributed by atoms with Crippen LogP contribution < -0.4 is 15.2 Å². The van der Waals surface area contributed by atoms with E-state index < -0.39 is 0 Å². The predicted octanol–water partition coefficient (Wildman–Crippen LogP) is 3.42. The van der Waals surface area contributed by atoms with Crippen LogP contribution in [0.25, 0.3) is 22.0 Å². The maximum absolute atomic E-state index is 5.69. The van der Waals surface area contributed by atoms with E-state index in [9.17, 15) is 0 Å². The van der Waals surface area contributed by atoms with Crippen LogP contribution in [0.3, 0.4) is 0 Å². The van der Waals surface area contributed by atoms with Crippen LogP contribution in [-0.2, 0) is 6.42 Å². The maximum Gasteiger partial charge on any atom is 0.145 e. The summed E-state index contributed by atoms with van der Waals surface area (Å²) in [7, 11) is 3.34. The van der Waals surface area contributed by atoms with Crippen molar-refractivity contribution in [3.05, 3.63) is 54.2 Å². The van der Waals surface area contributed by atoms with E-state index in [1.807, 2.05) is 24.3 Å². The Morgan fingerprint density at radius 3 is 2.48 bits per heavy atom. The first kappa shape index (κ1) is 15.3. The smallest absolute Gasteiger partial charge is 0.145 e. The van der Waals surface area contributed by atoms with Gasteiger partial charge in [0, 0.05) is 17.1 Å². The molecule has 0 amide bonds. The van der Waals surface area contributed by atoms with Crippen molar-refractivity contribution in [2.24, 2.45) is 5.73 Å². The van der Waals surface area contributed by atoms with E-state index in [1.54, 1.807) is 20.4 Å². The minimum Gasteiger partial charge on any atom is -0.496 e. The SMILES string of the molecule is COc1ccc(CCN)cc1-c1ccc(OC)c2ncccc12. The minimum atomic E-state index is 0.622. The molecule has 0 fully saturated rings. The highest BCUT2D eigenvalue weighted by Gasteiger charge is 2.13. The number of nitrogens with zero attached hydrogens (tertiary/aromatic N) is 1. The van der Waals surface area contributed by atoms with E-state index in [4.69, 9.17) is 15.2 Å². The van der Waals surface area contributed by atoms with Gasteiger partial charge in [0.15, 0.2) is 0 Å². The molecule has 1 heterocycles. The summed E-state index contributed by atoms with van der Waals surface area (Å²) >= 11 is 0. The molecule has 0 aliphatic carbocycles. The molecule has 0 bridgehead atoms. The highest BCUT2D eigenvalue weighted by Crippen LogP contribution is 2.38. The second-order valence-corrected chi connectivity index (χ2v) is 5.29. The molecular weight excluding hydrogens is 288 g/mol. The summed E-state index contributed by atoms with van der Waals surface area (Å²) < 4.78 is 11.0. The van der Waals surface area contributed by atoms with Gasteiger partial charge in [-0.2, -0.15) is 0 Å². The Balaban J connectivity index is 2.26. The second kappa shape index (κ2) is 6.67. The molecule has 2 aromatic carbocycles. The normalized spacial score (nSPS) is 10.7. The van der Waals surface area contributed by atoms with E-state index in [1.165, 1.54) is 5.56 Å². The fourth-order valence-electron chi connectivity index (χ4n) is 2.83. The Bertz CT molecular complexity index is 831. The molecule has 23 heavy (non-hydrogen) atoms. The Labute approximate surface area is 135 Å². The molecule has 0 radical (unpaired) electrons. The molecule has 0 spiro atoms. The van der Waals surface area contributed by atoms with Crippen molar-refractivity contribution in [1.82, 2.24) is 4.98 Å². The zero-order valence-electron chi connectivity index (χ0n) is 13.4. The predicted molar refractivity (Wildman–Crippen MR) is 93.0 cm³/mol. The van der Waals surface area contributed by atoms with Crippen molar-refractivity contribution in [3.8, 4) is 22.6 Å². The van der Waals surface area contributed by atoms with Crippen LogP contribution in [0.1, 0.15) is 5.56 Å². The van der Waals surface area contributed by atoms with Gasteiger partial charge < -0.3 is 15.2 Å². The lowest BCUT2D eigenvalue weighted by Gasteiger charge is -2.14. The largest absolute Gasteiger partial charge is 0.496 e. The monoisotopic (exact) mass is 308 g/mol. The van der Waals surface area contributed by atoms with E-state index in [2.05, 4.69) is 23.2 Å². The number of aromatic nitrogens is 1. The van der Waals surface area contributed by atoms with Crippen molar-refractivity contribution in [2.45, 2.75) is 6.42 Å². The van der Waals surface area contributed by atoms with Crippen molar-refractivity contribution in [1.29, 1.82) is 0 Å². The number of ether oxygens (including phenoxy) is 2. The zero-order chi connectivity index (χ0) is 16.2. The van der Waals surface area contributed by atoms with Gasteiger partial charge in [0.1, 0.15) is 17.0 Å². The van der Waals surface area contributed by atoms with Gasteiger partial charge in [0.2, 0.25) is 0 Å². The zero-order valence-corrected chi connectivity index (χ0v) is 13.4. The third-order valence-corrected chi connectivity index (χ3v) is 3.94. The van der Waals surface area contributed by atoms with E-state index in [0.717, 1.165) is 39.9 Å². The molecule has 4 nitrogen and oxygen atoms in total. The first-order valence-electron chi connectivity index (χ1n) is 7.57. The van der Waals surface area contributed by atoms with Gasteiger partial charge in [-0.1, -0.05) is 12.1 Å². The standard InChI is InChI=1S/C19H20N2O2/c1-22-17-7-5-13(9-10-20)12-16(17)14-6-8-18(23-2)19-15(14)4-3-11-21-19/h3-8,11-12H,9-10,20H2,1-2H3. The molecule has 2 N–H and O–H groups in total. The van der Waals surface area contributed by atoms with E-state index in [0.29, 0.717) is 6.54 Å². The number of hydrogen-bond donors (Lipinski definition) is 1. The summed E-state index contributed by atoms with van der Waals surface area (Å²) in [5.41, 5.74) is 9.84. The molecule has 0 unspecified atom stereocenters. The summed E-state index contributed by atoms with van der Waals surface area (Å²) in [6, 6.07) is 14.2. The highest BCUT2D eigenvalue weighted by molar-refractivity contribution is 5.99. The second-order valence-electron chi connectivity index (χ2n) is 5.29. The number of fused-ring (bicyclic) bond motifs is 1. The minimum absolute atomic E-state index is 0.622. The van der Waals surface area contributed by atoms with Gasteiger partial charge in [-0.05, 0) is 54.4 Å². The number of pyridine rings is 1. The van der Waals surface area contributed by atoms with Gasteiger partial charge in [0.25, 0.3) is 0 Å². The van der Waals surface area contributed by atoms with Crippen LogP contribution in [-0.4, -0.2) is 25.7 Å². The molecule has 0 aliphatic rings. The van der Waals surface area contributed by atoms with Crippen LogP contribution in [0.4, 0.5) is 0 Å². The third kappa shape index (κ3) is 2.85. The average Bonchev–Trinajstić information content (AvgIpc) is 2.61. The first-order valence-corrected chi connectivity index (χ1v) is 7.57. The van der Waals surface area contributed by atoms with Gasteiger partial charge in [0.05, 0.1) is 14.2 Å². The first-order chi connectivity index (χ1) is 11.3. The van der Waals surface area contributed by atoms with Gasteiger partial charge in [-0.15, -0.1) is 0 Å². The fraction of sp³-hybridized carbons (Fsp3) is 0.211. The van der Waals surface area contributed by atoms with Crippen molar-refractivity contribution >= 4 is 10.9 Å². The van der Waals surface area contributed by atoms with E-state index >= 15 is 0 Å². The number of nitrogens with two attached hydrogens (primary N) is 1. The van der Waals surface area contributed by atoms with Gasteiger partial charge in [-0.3, -0.25) is 4.98 Å². The maximum atomic E-state index is 5.69. The molecule has 0 aliphatic heterocycles. The average molecular weight is 308 g/mol. The quantitative estimate of drug-likeness (QED) is 0.784. The third-order valence-electron chi connectivity index (χ3n) is 3.94. The molecule has 0 saturated carbocycles. The molecule has 4 heteroatoms. The van der Waals surface area contributed by atoms with E-state index in [-0.39, 0.29) is 0 Å². The summed E-state index contributed by atoms with van der Waals surface area (Å²) in [5, 5.41) is 1.04. The Kier molecular flexibility index (Phi) is 4.44. The molecule has 0 saturated heterocycles. The summed E-state index contributed by atoms with van der Waals surface area (Å²) in [6.45, 7) is 0.622. The van der Waals surface area contributed by atoms with Gasteiger partial charge >= 0.3 is 0 Å². The molecular formula is C19H20N2O2. The Morgan fingerprint density at radius 1 is 0.957 bits per heavy atom. The lowest BCUT2D eigenvalue weighted by Crippen LogP contribution is -2.03. The molecule has 118 valence electrons. The van der Waals surface area contributed by atoms with Crippen LogP contribution in [0.5, 0.6) is 11.5 Å². The molecule has 1 aromatic heterocycles. The van der Waals surface area contributed by atoms with Crippen molar-refractivity contribution in [2.75, 3.05) is 20.8 Å². The molecule has 0 atom stereocenters. The lowest BCUT2D eigenvalue weighted by atomic mass is 9.96. The topological polar surface area (TPSA) is 57.4 Å². The number of methoxy groups -OCH3 is 2. The van der Waals surface area contributed by atoms with Crippen molar-refractivity contribution < 1.29 is 9.47 Å². The number of hydrogen-bond acceptors (Lipinski definition) is 4. The van der Waals surface area contributed by atoms with Crippen molar-refractivity contribution in [3.63, 3.8) is 0 Å². The molecule has 3 rings (SSSR count). The Hall–Kier alpha value is -2.59. The molecule has 3 aromatic rings. The van der Waals surface area contributed by atoms with Crippen LogP contribution in [0.2, 0.25) is 0 Å². The highest BCUT2D eigenvalue weighted by atomic mass is 16.5. The van der Waals surface area contributed by atoms with Crippen LogP contribution >= 0.6 is 0 Å². The fourth-order valence-corrected chi connectivity index (χ4v) is 2.83. The number of benzene rings is 2. The number of rotatable bonds is 5. The summed E-state index contributed by atoms with van der Waals surface area (Å²) in [4.78, 5) is 4.47. The van der Waals surface area contributed by atoms with Crippen LogP contribution in [0, 0.1) is 0 Å². The Morgan fingerprint density at radius 2 is 1.74 bits per heavy atom. The lowest BCUT2D eigenvalue weighted by molar-refractivity contribution is 0.416.